The van der Waals surface area contributed by atoms with E-state index in [2.05, 4.69) is 0 Å². The highest BCUT2D eigenvalue weighted by Crippen LogP contribution is 2.24. The second-order valence-corrected chi connectivity index (χ2v) is 6.66. The smallest absolute Gasteiger partial charge is 0.254 e. The van der Waals surface area contributed by atoms with Gasteiger partial charge in [0.1, 0.15) is 12.4 Å². The molecule has 5 nitrogen and oxygen atoms in total. The van der Waals surface area contributed by atoms with Gasteiger partial charge in [-0.2, -0.15) is 0 Å². The van der Waals surface area contributed by atoms with Crippen LogP contribution in [0.2, 0.25) is 0 Å². The summed E-state index contributed by atoms with van der Waals surface area (Å²) in [6.07, 6.45) is 1.22. The number of nitrogens with two attached hydrogens (primary N) is 1. The van der Waals surface area contributed by atoms with Gasteiger partial charge in [0.15, 0.2) is 0 Å². The number of carbonyl (C=O) groups excluding carboxylic acids is 1. The molecule has 0 fully saturated rings. The first-order valence-corrected chi connectivity index (χ1v) is 9.36. The maximum atomic E-state index is 12.7. The van der Waals surface area contributed by atoms with Crippen molar-refractivity contribution in [2.75, 3.05) is 32.8 Å². The Morgan fingerprint density at radius 1 is 1.21 bits per heavy atom. The summed E-state index contributed by atoms with van der Waals surface area (Å²) in [5.74, 6) is 0.612. The third-order valence-corrected chi connectivity index (χ3v) is 4.70. The molecule has 1 aliphatic rings. The summed E-state index contributed by atoms with van der Waals surface area (Å²) >= 11 is 0. The Bertz CT molecular complexity index is 830. The fourth-order valence-electron chi connectivity index (χ4n) is 3.07. The number of nitrogens with zero attached hydrogens (tertiary/aromatic N) is 1. The number of hydrogen-bond donors (Lipinski definition) is 1. The number of carbonyl (C=O) groups is 1. The molecule has 0 aliphatic carbocycles. The molecule has 0 spiro atoms. The molecule has 156 valence electrons. The minimum absolute atomic E-state index is 0. The van der Waals surface area contributed by atoms with Crippen molar-refractivity contribution < 1.29 is 18.7 Å². The Balaban J connectivity index is 0.00000300. The van der Waals surface area contributed by atoms with E-state index in [-0.39, 0.29) is 31.5 Å². The second-order valence-electron chi connectivity index (χ2n) is 6.66. The Morgan fingerprint density at radius 2 is 2.00 bits per heavy atom. The Labute approximate surface area is 176 Å². The number of halogens is 2. The average molecular weight is 421 g/mol. The van der Waals surface area contributed by atoms with Crippen LogP contribution in [0.15, 0.2) is 60.4 Å². The minimum Gasteiger partial charge on any atom is -0.489 e. The number of fused-ring (bicyclic) bond motifs is 1. The highest BCUT2D eigenvalue weighted by atomic mass is 35.5. The zero-order valence-electron chi connectivity index (χ0n) is 16.2. The zero-order valence-corrected chi connectivity index (χ0v) is 17.0. The van der Waals surface area contributed by atoms with Crippen LogP contribution >= 0.6 is 12.4 Å². The van der Waals surface area contributed by atoms with Gasteiger partial charge in [0, 0.05) is 30.8 Å². The van der Waals surface area contributed by atoms with Gasteiger partial charge in [0.25, 0.3) is 5.91 Å². The summed E-state index contributed by atoms with van der Waals surface area (Å²) < 4.78 is 23.8. The average Bonchev–Trinajstić information content (AvgIpc) is 2.74. The largest absolute Gasteiger partial charge is 0.489 e. The Morgan fingerprint density at radius 3 is 2.72 bits per heavy atom. The van der Waals surface area contributed by atoms with E-state index in [0.29, 0.717) is 49.5 Å². The molecule has 0 unspecified atom stereocenters. The molecule has 0 saturated carbocycles. The van der Waals surface area contributed by atoms with Gasteiger partial charge >= 0.3 is 0 Å². The van der Waals surface area contributed by atoms with Crippen molar-refractivity contribution in [3.8, 4) is 5.75 Å². The fraction of sp³-hybridized carbons (Fsp3) is 0.318. The predicted molar refractivity (Wildman–Crippen MR) is 113 cm³/mol. The van der Waals surface area contributed by atoms with Crippen LogP contribution < -0.4 is 10.5 Å². The Kier molecular flexibility index (Phi) is 9.12. The van der Waals surface area contributed by atoms with Gasteiger partial charge in [0.05, 0.1) is 19.5 Å². The SMILES string of the molecule is Cl.NC/C(=C\F)COc1ccc2c(c1)CCN(CCOCc1ccccc1)C2=O. The van der Waals surface area contributed by atoms with E-state index < -0.39 is 0 Å². The molecule has 2 aromatic rings. The second kappa shape index (κ2) is 11.6. The van der Waals surface area contributed by atoms with E-state index in [1.807, 2.05) is 41.3 Å². The highest BCUT2D eigenvalue weighted by Gasteiger charge is 2.24. The van der Waals surface area contributed by atoms with E-state index in [9.17, 15) is 9.18 Å². The van der Waals surface area contributed by atoms with Crippen molar-refractivity contribution in [3.05, 3.63) is 77.1 Å². The lowest BCUT2D eigenvalue weighted by atomic mass is 9.98. The molecular weight excluding hydrogens is 395 g/mol. The lowest BCUT2D eigenvalue weighted by Gasteiger charge is -2.28. The molecule has 1 aliphatic heterocycles. The molecule has 2 N–H and O–H groups in total. The number of hydrogen-bond acceptors (Lipinski definition) is 4. The summed E-state index contributed by atoms with van der Waals surface area (Å²) in [6, 6.07) is 15.3. The van der Waals surface area contributed by atoms with E-state index in [1.165, 1.54) is 0 Å². The van der Waals surface area contributed by atoms with Crippen molar-refractivity contribution in [3.63, 3.8) is 0 Å². The van der Waals surface area contributed by atoms with Crippen LogP contribution in [0.1, 0.15) is 21.5 Å². The van der Waals surface area contributed by atoms with Crippen LogP contribution in [0.5, 0.6) is 5.75 Å². The van der Waals surface area contributed by atoms with Gasteiger partial charge in [0.2, 0.25) is 0 Å². The number of ether oxygens (including phenoxy) is 2. The molecule has 2 aromatic carbocycles. The van der Waals surface area contributed by atoms with Crippen molar-refractivity contribution in [2.45, 2.75) is 13.0 Å². The van der Waals surface area contributed by atoms with Crippen LogP contribution in [-0.2, 0) is 17.8 Å². The standard InChI is InChI=1S/C22H25FN2O3.ClH/c23-13-18(14-24)16-28-20-6-7-21-19(12-20)8-9-25(22(21)26)10-11-27-15-17-4-2-1-3-5-17;/h1-7,12-13H,8-11,14-16,24H2;1H/b18-13+;. The summed E-state index contributed by atoms with van der Waals surface area (Å²) in [6.45, 7) is 2.45. The van der Waals surface area contributed by atoms with Gasteiger partial charge in [-0.1, -0.05) is 30.3 Å². The third-order valence-electron chi connectivity index (χ3n) is 4.70. The molecule has 0 saturated heterocycles. The van der Waals surface area contributed by atoms with Crippen LogP contribution in [0.4, 0.5) is 4.39 Å². The normalized spacial score (nSPS) is 13.7. The van der Waals surface area contributed by atoms with Gasteiger partial charge in [-0.3, -0.25) is 4.79 Å². The summed E-state index contributed by atoms with van der Waals surface area (Å²) in [5, 5.41) is 0. The van der Waals surface area contributed by atoms with Gasteiger partial charge in [-0.15, -0.1) is 12.4 Å². The molecule has 1 amide bonds. The summed E-state index contributed by atoms with van der Waals surface area (Å²) in [4.78, 5) is 14.5. The van der Waals surface area contributed by atoms with Crippen molar-refractivity contribution in [2.24, 2.45) is 5.73 Å². The molecule has 3 rings (SSSR count). The third kappa shape index (κ3) is 6.29. The quantitative estimate of drug-likeness (QED) is 0.630. The zero-order chi connectivity index (χ0) is 19.8. The van der Waals surface area contributed by atoms with Gasteiger partial charge in [-0.25, -0.2) is 4.39 Å². The predicted octanol–water partition coefficient (Wildman–Crippen LogP) is 3.51. The lowest BCUT2D eigenvalue weighted by Crippen LogP contribution is -2.39. The summed E-state index contributed by atoms with van der Waals surface area (Å²) in [7, 11) is 0. The molecule has 1 heterocycles. The van der Waals surface area contributed by atoms with E-state index in [1.54, 1.807) is 12.1 Å². The lowest BCUT2D eigenvalue weighted by molar-refractivity contribution is 0.0600. The fourth-order valence-corrected chi connectivity index (χ4v) is 3.07. The van der Waals surface area contributed by atoms with Crippen LogP contribution in [0.25, 0.3) is 0 Å². The number of benzene rings is 2. The maximum absolute atomic E-state index is 12.7. The summed E-state index contributed by atoms with van der Waals surface area (Å²) in [5.41, 5.74) is 8.56. The first kappa shape index (κ1) is 22.9. The minimum atomic E-state index is 0. The first-order valence-electron chi connectivity index (χ1n) is 9.36. The number of amides is 1. The first-order chi connectivity index (χ1) is 13.7. The van der Waals surface area contributed by atoms with Gasteiger partial charge < -0.3 is 20.1 Å². The molecule has 0 bridgehead atoms. The molecular formula is C22H26ClFN2O3. The topological polar surface area (TPSA) is 64.8 Å². The molecule has 0 radical (unpaired) electrons. The maximum Gasteiger partial charge on any atom is 0.254 e. The van der Waals surface area contributed by atoms with E-state index >= 15 is 0 Å². The molecule has 0 aromatic heterocycles. The van der Waals surface area contributed by atoms with Crippen LogP contribution in [-0.4, -0.2) is 43.7 Å². The van der Waals surface area contributed by atoms with Crippen molar-refractivity contribution >= 4 is 18.3 Å². The van der Waals surface area contributed by atoms with Crippen molar-refractivity contribution in [1.82, 2.24) is 4.90 Å². The monoisotopic (exact) mass is 420 g/mol. The van der Waals surface area contributed by atoms with E-state index in [4.69, 9.17) is 15.2 Å². The molecule has 29 heavy (non-hydrogen) atoms. The highest BCUT2D eigenvalue weighted by molar-refractivity contribution is 5.97. The molecule has 7 heteroatoms. The van der Waals surface area contributed by atoms with Crippen molar-refractivity contribution in [1.29, 1.82) is 0 Å². The van der Waals surface area contributed by atoms with Crippen LogP contribution in [0.3, 0.4) is 0 Å². The van der Waals surface area contributed by atoms with Crippen LogP contribution in [0, 0.1) is 0 Å². The Hall–Kier alpha value is -2.41. The molecule has 0 atom stereocenters. The van der Waals surface area contributed by atoms with Gasteiger partial charge in [-0.05, 0) is 35.7 Å². The number of rotatable bonds is 9. The van der Waals surface area contributed by atoms with E-state index in [0.717, 1.165) is 17.5 Å².